The summed E-state index contributed by atoms with van der Waals surface area (Å²) in [6, 6.07) is 13.9. The molecule has 1 N–H and O–H groups in total. The zero-order valence-corrected chi connectivity index (χ0v) is 21.0. The molecule has 0 radical (unpaired) electrons. The topological polar surface area (TPSA) is 72.8 Å². The molecule has 31 heavy (non-hydrogen) atoms. The fraction of sp³-hybridized carbons (Fsp3) is 0.391. The van der Waals surface area contributed by atoms with Gasteiger partial charge < -0.3 is 14.6 Å². The van der Waals surface area contributed by atoms with Gasteiger partial charge >= 0.3 is 11.9 Å². The van der Waals surface area contributed by atoms with Crippen molar-refractivity contribution in [3.8, 4) is 0 Å². The van der Waals surface area contributed by atoms with E-state index in [-0.39, 0.29) is 25.0 Å². The third-order valence-electron chi connectivity index (χ3n) is 4.03. The van der Waals surface area contributed by atoms with Crippen molar-refractivity contribution < 1.29 is 24.2 Å². The minimum absolute atomic E-state index is 0.309. The number of carbonyl (C=O) groups excluding carboxylic acids is 2. The molecule has 2 aromatic rings. The minimum Gasteiger partial charge on any atom is -0.462 e. The fourth-order valence-electron chi connectivity index (χ4n) is 2.11. The molecule has 0 bridgehead atoms. The summed E-state index contributed by atoms with van der Waals surface area (Å²) in [5.74, 6) is -1.51. The molecule has 0 atom stereocenters. The van der Waals surface area contributed by atoms with Crippen molar-refractivity contribution in [3.05, 3.63) is 68.6 Å². The van der Waals surface area contributed by atoms with Crippen LogP contribution in [0.1, 0.15) is 33.3 Å². The summed E-state index contributed by atoms with van der Waals surface area (Å²) in [5, 5.41) is 12.1. The van der Waals surface area contributed by atoms with Crippen LogP contribution < -0.4 is 0 Å². The highest BCUT2D eigenvalue weighted by Gasteiger charge is 2.34. The minimum atomic E-state index is -1.63. The number of hydrogen-bond donors (Lipinski definition) is 1. The molecule has 2 rings (SSSR count). The highest BCUT2D eigenvalue weighted by Crippen LogP contribution is 2.25. The summed E-state index contributed by atoms with van der Waals surface area (Å²) < 4.78 is 11.3. The molecule has 0 aliphatic carbocycles. The highest BCUT2D eigenvalue weighted by molar-refractivity contribution is 9.10. The monoisotopic (exact) mass is 532 g/mol. The van der Waals surface area contributed by atoms with E-state index in [2.05, 4.69) is 15.9 Å². The van der Waals surface area contributed by atoms with Crippen LogP contribution in [0, 0.1) is 11.8 Å². The van der Waals surface area contributed by atoms with Crippen LogP contribution in [0.5, 0.6) is 0 Å². The van der Waals surface area contributed by atoms with E-state index in [1.165, 1.54) is 0 Å². The third kappa shape index (κ3) is 10.0. The van der Waals surface area contributed by atoms with Gasteiger partial charge in [0.25, 0.3) is 0 Å². The third-order valence-corrected chi connectivity index (χ3v) is 5.07. The van der Waals surface area contributed by atoms with Gasteiger partial charge in [0.05, 0.1) is 11.8 Å². The zero-order valence-electron chi connectivity index (χ0n) is 17.9. The molecule has 0 saturated heterocycles. The molecule has 0 saturated carbocycles. The van der Waals surface area contributed by atoms with Crippen molar-refractivity contribution in [1.82, 2.24) is 0 Å². The Hall–Kier alpha value is -1.60. The smallest absolute Gasteiger partial charge is 0.308 e. The lowest BCUT2D eigenvalue weighted by atomic mass is 9.95. The molecule has 0 unspecified atom stereocenters. The number of esters is 2. The van der Waals surface area contributed by atoms with Gasteiger partial charge in [-0.15, -0.1) is 0 Å². The molecule has 0 aliphatic rings. The molecule has 0 aliphatic heterocycles. The maximum absolute atomic E-state index is 11.7. The van der Waals surface area contributed by atoms with Gasteiger partial charge in [0.15, 0.2) is 5.60 Å². The van der Waals surface area contributed by atoms with Crippen LogP contribution in [0.2, 0.25) is 10.0 Å². The Morgan fingerprint density at radius 2 is 1.19 bits per heavy atom. The number of aliphatic hydroxyl groups is 1. The first-order valence-electron chi connectivity index (χ1n) is 9.67. The van der Waals surface area contributed by atoms with E-state index < -0.39 is 17.5 Å². The first-order valence-corrected chi connectivity index (χ1v) is 11.2. The quantitative estimate of drug-likeness (QED) is 0.440. The van der Waals surface area contributed by atoms with E-state index in [0.717, 1.165) is 9.50 Å². The van der Waals surface area contributed by atoms with Gasteiger partial charge in [-0.25, -0.2) is 0 Å². The van der Waals surface area contributed by atoms with Crippen molar-refractivity contribution in [1.29, 1.82) is 0 Å². The molecular formula is C23H27BrCl2O5. The normalized spacial score (nSPS) is 11.0. The van der Waals surface area contributed by atoms with Crippen LogP contribution in [0.25, 0.3) is 0 Å². The molecular weight excluding hydrogens is 507 g/mol. The van der Waals surface area contributed by atoms with E-state index in [1.807, 2.05) is 24.3 Å². The fourth-order valence-corrected chi connectivity index (χ4v) is 2.63. The molecule has 0 aromatic heterocycles. The largest absolute Gasteiger partial charge is 0.462 e. The van der Waals surface area contributed by atoms with Crippen molar-refractivity contribution >= 4 is 51.1 Å². The van der Waals surface area contributed by atoms with E-state index in [1.54, 1.807) is 52.0 Å². The zero-order chi connectivity index (χ0) is 23.6. The second kappa shape index (κ2) is 13.1. The second-order valence-electron chi connectivity index (χ2n) is 7.50. The van der Waals surface area contributed by atoms with E-state index in [9.17, 15) is 14.7 Å². The molecule has 2 aromatic carbocycles. The average molecular weight is 534 g/mol. The first-order chi connectivity index (χ1) is 14.4. The van der Waals surface area contributed by atoms with Gasteiger partial charge in [-0.3, -0.25) is 9.59 Å². The van der Waals surface area contributed by atoms with Gasteiger partial charge in [0, 0.05) is 14.5 Å². The predicted octanol–water partition coefficient (Wildman–Crippen LogP) is 6.03. The Kier molecular flexibility index (Phi) is 11.6. The summed E-state index contributed by atoms with van der Waals surface area (Å²) in [5.41, 5.74) is -1.17. The molecule has 170 valence electrons. The lowest BCUT2D eigenvalue weighted by molar-refractivity contribution is -0.168. The van der Waals surface area contributed by atoms with Gasteiger partial charge in [0.2, 0.25) is 0 Å². The molecule has 5 nitrogen and oxygen atoms in total. The number of ether oxygens (including phenoxy) is 2. The summed E-state index contributed by atoms with van der Waals surface area (Å²) in [6.45, 7) is 6.17. The van der Waals surface area contributed by atoms with Crippen molar-refractivity contribution in [3.63, 3.8) is 0 Å². The predicted molar refractivity (Wildman–Crippen MR) is 126 cm³/mol. The van der Waals surface area contributed by atoms with Crippen LogP contribution in [-0.4, -0.2) is 30.3 Å². The Morgan fingerprint density at radius 1 is 0.839 bits per heavy atom. The van der Waals surface area contributed by atoms with Gasteiger partial charge in [-0.1, -0.05) is 79.0 Å². The van der Waals surface area contributed by atoms with Gasteiger partial charge in [-0.2, -0.15) is 0 Å². The Bertz CT molecular complexity index is 791. The SMILES string of the molecule is CC(C)C(=O)OCC(O)(COC(=O)C(C)C)c1ccc(Cl)cc1.Clc1ccc(Br)cc1. The van der Waals surface area contributed by atoms with Gasteiger partial charge in [0.1, 0.15) is 13.2 Å². The number of hydrogen-bond acceptors (Lipinski definition) is 5. The standard InChI is InChI=1S/C17H23ClO5.C6H4BrCl/c1-11(2)15(19)22-9-17(21,10-23-16(20)12(3)4)13-5-7-14(18)8-6-13;7-5-1-3-6(8)4-2-5/h5-8,11-12,21H,9-10H2,1-4H3;1-4H. The summed E-state index contributed by atoms with van der Waals surface area (Å²) in [4.78, 5) is 23.3. The number of halogens is 3. The average Bonchev–Trinajstić information content (AvgIpc) is 2.73. The second-order valence-corrected chi connectivity index (χ2v) is 9.29. The maximum Gasteiger partial charge on any atom is 0.308 e. The first kappa shape index (κ1) is 27.4. The molecule has 8 heteroatoms. The van der Waals surface area contributed by atoms with Crippen LogP contribution in [-0.2, 0) is 24.7 Å². The number of rotatable bonds is 7. The van der Waals surface area contributed by atoms with E-state index in [0.29, 0.717) is 10.6 Å². The van der Waals surface area contributed by atoms with Crippen LogP contribution in [0.15, 0.2) is 53.0 Å². The van der Waals surface area contributed by atoms with Gasteiger partial charge in [-0.05, 0) is 42.0 Å². The van der Waals surface area contributed by atoms with Crippen LogP contribution >= 0.6 is 39.1 Å². The highest BCUT2D eigenvalue weighted by atomic mass is 79.9. The van der Waals surface area contributed by atoms with Crippen molar-refractivity contribution in [2.24, 2.45) is 11.8 Å². The lowest BCUT2D eigenvalue weighted by Gasteiger charge is -2.28. The summed E-state index contributed by atoms with van der Waals surface area (Å²) >= 11 is 14.7. The van der Waals surface area contributed by atoms with E-state index >= 15 is 0 Å². The Morgan fingerprint density at radius 3 is 1.52 bits per heavy atom. The van der Waals surface area contributed by atoms with Crippen molar-refractivity contribution in [2.75, 3.05) is 13.2 Å². The molecule has 0 amide bonds. The lowest BCUT2D eigenvalue weighted by Crippen LogP contribution is -2.39. The number of benzene rings is 2. The summed E-state index contributed by atoms with van der Waals surface area (Å²) in [7, 11) is 0. The Balaban J connectivity index is 0.000000500. The van der Waals surface area contributed by atoms with E-state index in [4.69, 9.17) is 32.7 Å². The molecule has 0 heterocycles. The van der Waals surface area contributed by atoms with Crippen LogP contribution in [0.4, 0.5) is 0 Å². The number of carbonyl (C=O) groups is 2. The van der Waals surface area contributed by atoms with Crippen molar-refractivity contribution in [2.45, 2.75) is 33.3 Å². The maximum atomic E-state index is 11.7. The molecule has 0 spiro atoms. The summed E-state index contributed by atoms with van der Waals surface area (Å²) in [6.07, 6.45) is 0. The Labute approximate surface area is 201 Å². The molecule has 0 fully saturated rings. The van der Waals surface area contributed by atoms with Crippen LogP contribution in [0.3, 0.4) is 0 Å².